The molecule has 0 saturated heterocycles. The maximum absolute atomic E-state index is 4.05. The summed E-state index contributed by atoms with van der Waals surface area (Å²) >= 11 is 0. The number of hydrogen-bond acceptors (Lipinski definition) is 1. The Kier molecular flexibility index (Phi) is 10.1. The van der Waals surface area contributed by atoms with Crippen molar-refractivity contribution in [3.63, 3.8) is 0 Å². The molecule has 1 rings (SSSR count). The quantitative estimate of drug-likeness (QED) is 0.278. The van der Waals surface area contributed by atoms with Crippen molar-refractivity contribution in [2.24, 2.45) is 5.41 Å². The Morgan fingerprint density at radius 3 is 1.95 bits per heavy atom. The monoisotopic (exact) mass is 293 g/mol. The van der Waals surface area contributed by atoms with Gasteiger partial charge in [0.2, 0.25) is 0 Å². The molecule has 21 heavy (non-hydrogen) atoms. The lowest BCUT2D eigenvalue weighted by Crippen LogP contribution is -2.31. The van der Waals surface area contributed by atoms with Crippen LogP contribution in [0.15, 0.2) is 12.7 Å². The fourth-order valence-electron chi connectivity index (χ4n) is 2.94. The largest absolute Gasteiger partial charge is 0.313 e. The Morgan fingerprint density at radius 1 is 0.952 bits per heavy atom. The van der Waals surface area contributed by atoms with E-state index in [0.717, 1.165) is 12.6 Å². The van der Waals surface area contributed by atoms with Crippen molar-refractivity contribution in [3.05, 3.63) is 12.7 Å². The smallest absolute Gasteiger partial charge is 0.00685 e. The van der Waals surface area contributed by atoms with Gasteiger partial charge in [0.25, 0.3) is 0 Å². The van der Waals surface area contributed by atoms with Gasteiger partial charge in [0, 0.05) is 12.6 Å². The Morgan fingerprint density at radius 2 is 1.48 bits per heavy atom. The van der Waals surface area contributed by atoms with E-state index in [1.807, 2.05) is 0 Å². The molecule has 1 N–H and O–H groups in total. The lowest BCUT2D eigenvalue weighted by atomic mass is 9.84. The zero-order chi connectivity index (χ0) is 15.4. The number of unbranched alkanes of at least 4 members (excludes halogenated alkanes) is 9. The fourth-order valence-corrected chi connectivity index (χ4v) is 2.94. The summed E-state index contributed by atoms with van der Waals surface area (Å²) in [6, 6.07) is 0.817. The Balaban J connectivity index is 1.90. The molecule has 0 spiro atoms. The Hall–Kier alpha value is -0.300. The van der Waals surface area contributed by atoms with Crippen molar-refractivity contribution in [1.29, 1.82) is 0 Å². The summed E-state index contributed by atoms with van der Waals surface area (Å²) in [5.74, 6) is 0. The van der Waals surface area contributed by atoms with E-state index >= 15 is 0 Å². The molecule has 1 heteroatoms. The molecule has 1 fully saturated rings. The second-order valence-electron chi connectivity index (χ2n) is 7.45. The van der Waals surface area contributed by atoms with Gasteiger partial charge in [0.15, 0.2) is 0 Å². The maximum Gasteiger partial charge on any atom is 0.00685 e. The first-order valence-electron chi connectivity index (χ1n) is 9.57. The molecule has 1 saturated carbocycles. The van der Waals surface area contributed by atoms with Gasteiger partial charge in [0.05, 0.1) is 0 Å². The normalized spacial score (nSPS) is 17.6. The molecule has 0 aromatic heterocycles. The number of rotatable bonds is 15. The van der Waals surface area contributed by atoms with Gasteiger partial charge in [-0.05, 0) is 24.7 Å². The van der Waals surface area contributed by atoms with Gasteiger partial charge in [-0.25, -0.2) is 0 Å². The van der Waals surface area contributed by atoms with Gasteiger partial charge in [0.1, 0.15) is 0 Å². The lowest BCUT2D eigenvalue weighted by Gasteiger charge is -2.26. The third kappa shape index (κ3) is 10.1. The van der Waals surface area contributed by atoms with Crippen LogP contribution in [0.4, 0.5) is 0 Å². The summed E-state index contributed by atoms with van der Waals surface area (Å²) in [6.45, 7) is 9.83. The van der Waals surface area contributed by atoms with Crippen molar-refractivity contribution in [2.75, 3.05) is 6.54 Å². The highest BCUT2D eigenvalue weighted by Crippen LogP contribution is 2.28. The molecule has 124 valence electrons. The summed E-state index contributed by atoms with van der Waals surface area (Å²) < 4.78 is 0. The average Bonchev–Trinajstić information content (AvgIpc) is 3.31. The van der Waals surface area contributed by atoms with Crippen LogP contribution >= 0.6 is 0 Å². The molecule has 0 aliphatic heterocycles. The van der Waals surface area contributed by atoms with E-state index in [9.17, 15) is 0 Å². The van der Waals surface area contributed by atoms with Gasteiger partial charge >= 0.3 is 0 Å². The number of nitrogens with one attached hydrogen (secondary N) is 1. The van der Waals surface area contributed by atoms with Gasteiger partial charge in [-0.1, -0.05) is 84.1 Å². The van der Waals surface area contributed by atoms with Crippen molar-refractivity contribution < 1.29 is 0 Å². The van der Waals surface area contributed by atoms with Gasteiger partial charge in [-0.3, -0.25) is 0 Å². The van der Waals surface area contributed by atoms with E-state index in [-0.39, 0.29) is 0 Å². The van der Waals surface area contributed by atoms with E-state index in [0.29, 0.717) is 5.41 Å². The lowest BCUT2D eigenvalue weighted by molar-refractivity contribution is 0.346. The van der Waals surface area contributed by atoms with Crippen LogP contribution in [0.5, 0.6) is 0 Å². The molecule has 0 heterocycles. The van der Waals surface area contributed by atoms with Gasteiger partial charge < -0.3 is 5.32 Å². The minimum absolute atomic E-state index is 0.308. The van der Waals surface area contributed by atoms with E-state index in [4.69, 9.17) is 0 Å². The van der Waals surface area contributed by atoms with Gasteiger partial charge in [-0.2, -0.15) is 0 Å². The molecule has 0 bridgehead atoms. The molecular formula is C20H39N. The van der Waals surface area contributed by atoms with Crippen molar-refractivity contribution in [3.8, 4) is 0 Å². The SMILES string of the molecule is C=CC(C)(CCCCCCCCCCCC)CNC1CC1. The topological polar surface area (TPSA) is 12.0 Å². The fraction of sp³-hybridized carbons (Fsp3) is 0.900. The van der Waals surface area contributed by atoms with Crippen LogP contribution in [0.25, 0.3) is 0 Å². The molecule has 0 aromatic rings. The summed E-state index contributed by atoms with van der Waals surface area (Å²) in [5.41, 5.74) is 0.308. The van der Waals surface area contributed by atoms with E-state index < -0.39 is 0 Å². The Labute approximate surface area is 134 Å². The second kappa shape index (κ2) is 11.3. The molecule has 0 aromatic carbocycles. The maximum atomic E-state index is 4.05. The van der Waals surface area contributed by atoms with Crippen molar-refractivity contribution in [2.45, 2.75) is 103 Å². The molecule has 1 aliphatic carbocycles. The standard InChI is InChI=1S/C20H39N/c1-4-6-7-8-9-10-11-12-13-14-17-20(3,5-2)18-21-19-15-16-19/h5,19,21H,2,4,6-18H2,1,3H3. The molecule has 1 atom stereocenters. The zero-order valence-corrected chi connectivity index (χ0v) is 14.8. The number of hydrogen-bond donors (Lipinski definition) is 1. The van der Waals surface area contributed by atoms with Crippen LogP contribution in [0, 0.1) is 5.41 Å². The van der Waals surface area contributed by atoms with E-state index in [1.165, 1.54) is 83.5 Å². The molecule has 0 amide bonds. The molecular weight excluding hydrogens is 254 g/mol. The van der Waals surface area contributed by atoms with Crippen LogP contribution < -0.4 is 5.32 Å². The molecule has 1 unspecified atom stereocenters. The first-order chi connectivity index (χ1) is 10.2. The minimum atomic E-state index is 0.308. The van der Waals surface area contributed by atoms with Crippen LogP contribution in [0.2, 0.25) is 0 Å². The third-order valence-corrected chi connectivity index (χ3v) is 4.97. The molecule has 1 nitrogen and oxygen atoms in total. The highest BCUT2D eigenvalue weighted by Gasteiger charge is 2.25. The third-order valence-electron chi connectivity index (χ3n) is 4.97. The average molecular weight is 294 g/mol. The van der Waals surface area contributed by atoms with Crippen LogP contribution in [0.3, 0.4) is 0 Å². The first kappa shape index (κ1) is 18.7. The predicted molar refractivity (Wildman–Crippen MR) is 95.8 cm³/mol. The summed E-state index contributed by atoms with van der Waals surface area (Å²) in [5, 5.41) is 3.66. The highest BCUT2D eigenvalue weighted by atomic mass is 15.0. The first-order valence-corrected chi connectivity index (χ1v) is 9.57. The van der Waals surface area contributed by atoms with Crippen molar-refractivity contribution >= 4 is 0 Å². The van der Waals surface area contributed by atoms with Gasteiger partial charge in [-0.15, -0.1) is 6.58 Å². The minimum Gasteiger partial charge on any atom is -0.313 e. The predicted octanol–water partition coefficient (Wildman–Crippen LogP) is 6.24. The summed E-state index contributed by atoms with van der Waals surface area (Å²) in [4.78, 5) is 0. The highest BCUT2D eigenvalue weighted by molar-refractivity contribution is 4.95. The summed E-state index contributed by atoms with van der Waals surface area (Å²) in [6.07, 6.45) is 20.5. The summed E-state index contributed by atoms with van der Waals surface area (Å²) in [7, 11) is 0. The van der Waals surface area contributed by atoms with Crippen molar-refractivity contribution in [1.82, 2.24) is 5.32 Å². The van der Waals surface area contributed by atoms with Crippen LogP contribution in [-0.2, 0) is 0 Å². The zero-order valence-electron chi connectivity index (χ0n) is 14.8. The van der Waals surface area contributed by atoms with Crippen LogP contribution in [-0.4, -0.2) is 12.6 Å². The second-order valence-corrected chi connectivity index (χ2v) is 7.45. The van der Waals surface area contributed by atoms with Crippen LogP contribution in [0.1, 0.15) is 97.3 Å². The van der Waals surface area contributed by atoms with E-state index in [1.54, 1.807) is 0 Å². The van der Waals surface area contributed by atoms with E-state index in [2.05, 4.69) is 31.8 Å². The Bertz CT molecular complexity index is 257. The molecule has 0 radical (unpaired) electrons. The molecule has 1 aliphatic rings.